The van der Waals surface area contributed by atoms with Crippen molar-refractivity contribution in [2.75, 3.05) is 11.1 Å². The van der Waals surface area contributed by atoms with Gasteiger partial charge in [0.15, 0.2) is 12.1 Å². The first-order valence-corrected chi connectivity index (χ1v) is 22.2. The summed E-state index contributed by atoms with van der Waals surface area (Å²) in [5, 5.41) is 13.3. The van der Waals surface area contributed by atoms with Crippen LogP contribution in [0.4, 0.5) is 5.69 Å². The molecule has 1 unspecified atom stereocenters. The highest BCUT2D eigenvalue weighted by atomic mass is 32.2. The molecule has 1 aliphatic heterocycles. The molecule has 2 N–H and O–H groups in total. The molecule has 1 fully saturated rings. The molecule has 0 radical (unpaired) electrons. The van der Waals surface area contributed by atoms with Gasteiger partial charge in [-0.05, 0) is 29.7 Å². The Hall–Kier alpha value is -4.21. The van der Waals surface area contributed by atoms with Crippen LogP contribution in [-0.4, -0.2) is 27.9 Å². The number of aliphatic hydroxyl groups is 1. The molecular weight excluding hydrogens is 729 g/mol. The van der Waals surface area contributed by atoms with E-state index in [9.17, 15) is 9.90 Å². The summed E-state index contributed by atoms with van der Waals surface area (Å²) in [5.41, 5.74) is 6.23. The first-order chi connectivity index (χ1) is 28.1. The third-order valence-electron chi connectivity index (χ3n) is 10.6. The van der Waals surface area contributed by atoms with Crippen LogP contribution >= 0.6 is 11.8 Å². The van der Waals surface area contributed by atoms with Gasteiger partial charge in [0.05, 0.1) is 18.8 Å². The lowest BCUT2D eigenvalue weighted by atomic mass is 10.0. The van der Waals surface area contributed by atoms with E-state index in [1.807, 2.05) is 109 Å². The number of hydrogen-bond donors (Lipinski definition) is 2. The van der Waals surface area contributed by atoms with Gasteiger partial charge in [0.25, 0.3) is 5.22 Å². The zero-order valence-electron chi connectivity index (χ0n) is 33.6. The molecule has 7 nitrogen and oxygen atoms in total. The van der Waals surface area contributed by atoms with Crippen LogP contribution in [0.3, 0.4) is 0 Å². The molecule has 1 aliphatic rings. The number of carbonyl (C=O) groups excluding carboxylic acids is 1. The van der Waals surface area contributed by atoms with Crippen molar-refractivity contribution in [3.05, 3.63) is 126 Å². The Bertz CT molecular complexity index is 1840. The molecule has 1 amide bonds. The average Bonchev–Trinajstić information content (AvgIpc) is 3.70. The molecule has 2 heterocycles. The number of aliphatic hydroxyl groups excluding tert-OH is 1. The number of ether oxygens (including phenoxy) is 2. The lowest BCUT2D eigenvalue weighted by Gasteiger charge is -2.36. The normalized spacial score (nSPS) is 16.8. The number of carbonyl (C=O) groups is 1. The predicted octanol–water partition coefficient (Wildman–Crippen LogP) is 13.3. The lowest BCUT2D eigenvalue weighted by molar-refractivity contribution is -0.245. The summed E-state index contributed by atoms with van der Waals surface area (Å²) in [6, 6.07) is 35.9. The number of rotatable bonds is 23. The van der Waals surface area contributed by atoms with Crippen molar-refractivity contribution >= 4 is 23.4 Å². The molecule has 0 aliphatic carbocycles. The van der Waals surface area contributed by atoms with Gasteiger partial charge < -0.3 is 24.3 Å². The molecule has 0 saturated carbocycles. The van der Waals surface area contributed by atoms with Gasteiger partial charge >= 0.3 is 0 Å². The van der Waals surface area contributed by atoms with Gasteiger partial charge in [0.1, 0.15) is 5.69 Å². The Labute approximate surface area is 344 Å². The number of thioether (sulfide) groups is 1. The largest absolute Gasteiger partial charge is 0.431 e. The van der Waals surface area contributed by atoms with Crippen molar-refractivity contribution in [1.29, 1.82) is 0 Å². The third kappa shape index (κ3) is 13.4. The van der Waals surface area contributed by atoms with Gasteiger partial charge in [-0.25, -0.2) is 4.98 Å². The van der Waals surface area contributed by atoms with Crippen LogP contribution in [0.15, 0.2) is 119 Å². The number of hydrogen-bond acceptors (Lipinski definition) is 7. The van der Waals surface area contributed by atoms with E-state index in [1.54, 1.807) is 0 Å². The molecule has 5 aromatic rings. The molecule has 57 heavy (non-hydrogen) atoms. The quantitative estimate of drug-likeness (QED) is 0.0503. The molecular formula is C49H60N2O5S. The molecule has 4 aromatic carbocycles. The van der Waals surface area contributed by atoms with E-state index in [4.69, 9.17) is 18.9 Å². The number of benzene rings is 4. The fourth-order valence-corrected chi connectivity index (χ4v) is 8.26. The number of aromatic nitrogens is 1. The average molecular weight is 789 g/mol. The number of oxazole rings is 1. The fraction of sp³-hybridized carbons (Fsp3) is 0.429. The van der Waals surface area contributed by atoms with Crippen LogP contribution in [0.25, 0.3) is 22.6 Å². The maximum atomic E-state index is 13.0. The smallest absolute Gasteiger partial charge is 0.256 e. The molecule has 302 valence electrons. The number of anilines is 1. The van der Waals surface area contributed by atoms with E-state index in [0.717, 1.165) is 57.8 Å². The van der Waals surface area contributed by atoms with Gasteiger partial charge in [-0.1, -0.05) is 193 Å². The van der Waals surface area contributed by atoms with Crippen LogP contribution in [-0.2, 0) is 20.9 Å². The maximum absolute atomic E-state index is 13.0. The monoisotopic (exact) mass is 788 g/mol. The Morgan fingerprint density at radius 1 is 0.719 bits per heavy atom. The van der Waals surface area contributed by atoms with Crippen molar-refractivity contribution in [2.45, 2.75) is 134 Å². The second kappa shape index (κ2) is 23.3. The van der Waals surface area contributed by atoms with E-state index in [2.05, 4.69) is 12.2 Å². The van der Waals surface area contributed by atoms with Gasteiger partial charge in [0.2, 0.25) is 5.91 Å². The highest BCUT2D eigenvalue weighted by Gasteiger charge is 2.33. The standard InChI is InChI=1S/C49H60N2O5S/c1-2-3-4-5-6-7-8-9-10-11-12-13-20-28-45(53)50-42-27-21-26-41(33-42)48-54-43(34-44(55-48)38-31-29-37(35-52)30-32-38)36-57-49-51-46(39-22-16-14-17-23-39)47(56-49)40-24-18-15-19-25-40/h14-19,21-27,29-33,43-44,48,52H,2-13,20,28,34-36H2,1H3,(H,50,53)/t43-,44+,48?/m0/s1. The summed E-state index contributed by atoms with van der Waals surface area (Å²) in [6.45, 7) is 2.26. The first-order valence-electron chi connectivity index (χ1n) is 21.2. The Balaban J connectivity index is 1.04. The van der Waals surface area contributed by atoms with Gasteiger partial charge in [-0.2, -0.15) is 0 Å². The summed E-state index contributed by atoms with van der Waals surface area (Å²) < 4.78 is 19.7. The fourth-order valence-electron chi connectivity index (χ4n) is 7.42. The minimum atomic E-state index is -0.644. The summed E-state index contributed by atoms with van der Waals surface area (Å²) in [4.78, 5) is 17.9. The second-order valence-corrected chi connectivity index (χ2v) is 16.2. The highest BCUT2D eigenvalue weighted by molar-refractivity contribution is 7.99. The molecule has 8 heteroatoms. The Morgan fingerprint density at radius 2 is 1.35 bits per heavy atom. The minimum Gasteiger partial charge on any atom is -0.431 e. The zero-order chi connectivity index (χ0) is 39.5. The van der Waals surface area contributed by atoms with Gasteiger partial charge in [-0.3, -0.25) is 4.79 Å². The summed E-state index contributed by atoms with van der Waals surface area (Å²) in [6.07, 6.45) is 16.8. The first kappa shape index (κ1) is 42.4. The maximum Gasteiger partial charge on any atom is 0.256 e. The van der Waals surface area contributed by atoms with Crippen molar-refractivity contribution in [3.8, 4) is 22.6 Å². The van der Waals surface area contributed by atoms with E-state index >= 15 is 0 Å². The van der Waals surface area contributed by atoms with Crippen molar-refractivity contribution < 1.29 is 23.8 Å². The molecule has 3 atom stereocenters. The van der Waals surface area contributed by atoms with E-state index in [0.29, 0.717) is 23.8 Å². The number of amides is 1. The van der Waals surface area contributed by atoms with Crippen molar-refractivity contribution in [1.82, 2.24) is 4.98 Å². The van der Waals surface area contributed by atoms with Crippen LogP contribution in [0.2, 0.25) is 0 Å². The third-order valence-corrected chi connectivity index (χ3v) is 11.6. The van der Waals surface area contributed by atoms with Gasteiger partial charge in [-0.15, -0.1) is 0 Å². The second-order valence-electron chi connectivity index (χ2n) is 15.2. The number of nitrogens with one attached hydrogen (secondary N) is 1. The van der Waals surface area contributed by atoms with Crippen LogP contribution in [0.5, 0.6) is 0 Å². The van der Waals surface area contributed by atoms with Crippen LogP contribution in [0, 0.1) is 0 Å². The minimum absolute atomic E-state index is 0.0131. The van der Waals surface area contributed by atoms with Crippen LogP contribution < -0.4 is 5.32 Å². The number of nitrogens with zero attached hydrogens (tertiary/aromatic N) is 1. The van der Waals surface area contributed by atoms with Gasteiger partial charge in [0, 0.05) is 41.0 Å². The predicted molar refractivity (Wildman–Crippen MR) is 232 cm³/mol. The number of unbranched alkanes of at least 4 members (excludes halogenated alkanes) is 12. The zero-order valence-corrected chi connectivity index (χ0v) is 34.4. The molecule has 0 spiro atoms. The summed E-state index contributed by atoms with van der Waals surface area (Å²) >= 11 is 1.53. The van der Waals surface area contributed by atoms with Crippen molar-refractivity contribution in [3.63, 3.8) is 0 Å². The highest BCUT2D eigenvalue weighted by Crippen LogP contribution is 2.41. The van der Waals surface area contributed by atoms with Crippen LogP contribution in [0.1, 0.15) is 132 Å². The molecule has 6 rings (SSSR count). The van der Waals surface area contributed by atoms with E-state index in [1.165, 1.54) is 82.4 Å². The summed E-state index contributed by atoms with van der Waals surface area (Å²) in [5.74, 6) is 1.38. The van der Waals surface area contributed by atoms with E-state index < -0.39 is 6.29 Å². The Kier molecular flexibility index (Phi) is 17.3. The SMILES string of the molecule is CCCCCCCCCCCCCCCC(=O)Nc1cccc(C2O[C@H](CSc3nc(-c4ccccc4)c(-c4ccccc4)o3)C[C@H](c3ccc(CO)cc3)O2)c1. The summed E-state index contributed by atoms with van der Waals surface area (Å²) in [7, 11) is 0. The molecule has 0 bridgehead atoms. The Morgan fingerprint density at radius 3 is 2.00 bits per heavy atom. The lowest BCUT2D eigenvalue weighted by Crippen LogP contribution is -2.31. The molecule has 1 aromatic heterocycles. The molecule has 1 saturated heterocycles. The van der Waals surface area contributed by atoms with E-state index in [-0.39, 0.29) is 24.7 Å². The van der Waals surface area contributed by atoms with Crippen molar-refractivity contribution in [2.24, 2.45) is 0 Å². The topological polar surface area (TPSA) is 93.8 Å².